The third-order valence-electron chi connectivity index (χ3n) is 0.365. The molecule has 0 radical (unpaired) electrons. The van der Waals surface area contributed by atoms with Crippen LogP contribution in [0, 0.1) is 5.92 Å². The van der Waals surface area contributed by atoms with E-state index in [9.17, 15) is 0 Å². The van der Waals surface area contributed by atoms with Crippen LogP contribution in [0.25, 0.3) is 0 Å². The summed E-state index contributed by atoms with van der Waals surface area (Å²) in [7, 11) is 1.00. The lowest BCUT2D eigenvalue weighted by atomic mass is 10.2. The molecule has 0 atom stereocenters. The number of rotatable bonds is 1. The second kappa shape index (κ2) is 15.8. The minimum atomic E-state index is 0. The summed E-state index contributed by atoms with van der Waals surface area (Å²) in [5.41, 5.74) is 0. The molecule has 0 aromatic heterocycles. The van der Waals surface area contributed by atoms with E-state index in [2.05, 4.69) is 0 Å². The zero-order valence-corrected chi connectivity index (χ0v) is 5.68. The fourth-order valence-electron chi connectivity index (χ4n) is 0. The van der Waals surface area contributed by atoms with Gasteiger partial charge in [0.25, 0.3) is 0 Å². The molecule has 0 bridgehead atoms. The van der Waals surface area contributed by atoms with E-state index in [1.165, 1.54) is 0 Å². The second-order valence-electron chi connectivity index (χ2n) is 1.58. The lowest BCUT2D eigenvalue weighted by molar-refractivity contribution is 0.248. The smallest absolute Gasteiger partial charge is 0.0453 e. The lowest BCUT2D eigenvalue weighted by Crippen LogP contribution is -1.90. The molecule has 0 aromatic carbocycles. The Balaban J connectivity index is -0.0000000750. The predicted molar refractivity (Wildman–Crippen MR) is 33.7 cm³/mol. The first-order chi connectivity index (χ1) is 3.27. The Labute approximate surface area is 50.3 Å². The van der Waals surface area contributed by atoms with Crippen LogP contribution in [0.1, 0.15) is 13.8 Å². The molecule has 0 aliphatic rings. The van der Waals surface area contributed by atoms with Crippen molar-refractivity contribution in [1.82, 2.24) is 0 Å². The van der Waals surface area contributed by atoms with Gasteiger partial charge in [-0.25, -0.2) is 0 Å². The van der Waals surface area contributed by atoms with Gasteiger partial charge >= 0.3 is 0 Å². The Bertz CT molecular complexity index is 21.6. The van der Waals surface area contributed by atoms with Gasteiger partial charge in [-0.3, -0.25) is 0 Å². The van der Waals surface area contributed by atoms with E-state index in [-0.39, 0.29) is 5.48 Å². The Hall–Kier alpha value is -0.120. The standard InChI is InChI=1S/C4H10O.CH4O.H2O/c1-4(2)3-5;1-2;/h4-5H,3H2,1-2H3;2H,1H3;1H2. The minimum absolute atomic E-state index is 0. The summed E-state index contributed by atoms with van der Waals surface area (Å²) in [4.78, 5) is 0. The van der Waals surface area contributed by atoms with Crippen molar-refractivity contribution in [2.75, 3.05) is 13.7 Å². The van der Waals surface area contributed by atoms with Crippen LogP contribution in [0.15, 0.2) is 0 Å². The van der Waals surface area contributed by atoms with Crippen molar-refractivity contribution in [2.45, 2.75) is 13.8 Å². The molecular weight excluding hydrogens is 108 g/mol. The summed E-state index contributed by atoms with van der Waals surface area (Å²) in [5, 5.41) is 15.1. The molecule has 0 rings (SSSR count). The highest BCUT2D eigenvalue weighted by molar-refractivity contribution is 4.32. The van der Waals surface area contributed by atoms with Crippen LogP contribution in [0.4, 0.5) is 0 Å². The highest BCUT2D eigenvalue weighted by Crippen LogP contribution is 1.83. The number of aliphatic hydroxyl groups is 2. The summed E-state index contributed by atoms with van der Waals surface area (Å²) in [6, 6.07) is 0. The quantitative estimate of drug-likeness (QED) is 0.491. The molecule has 0 amide bonds. The monoisotopic (exact) mass is 124 g/mol. The van der Waals surface area contributed by atoms with Crippen molar-refractivity contribution in [1.29, 1.82) is 0 Å². The molecule has 0 spiro atoms. The summed E-state index contributed by atoms with van der Waals surface area (Å²) < 4.78 is 0. The summed E-state index contributed by atoms with van der Waals surface area (Å²) in [6.45, 7) is 4.25. The van der Waals surface area contributed by atoms with Gasteiger partial charge in [-0.15, -0.1) is 0 Å². The molecule has 0 unspecified atom stereocenters. The normalized spacial score (nSPS) is 6.75. The first-order valence-corrected chi connectivity index (χ1v) is 2.33. The van der Waals surface area contributed by atoms with Crippen LogP contribution in [-0.4, -0.2) is 29.4 Å². The molecule has 0 fully saturated rings. The van der Waals surface area contributed by atoms with Crippen molar-refractivity contribution >= 4 is 0 Å². The second-order valence-corrected chi connectivity index (χ2v) is 1.58. The van der Waals surface area contributed by atoms with E-state index < -0.39 is 0 Å². The van der Waals surface area contributed by atoms with Crippen molar-refractivity contribution < 1.29 is 15.7 Å². The zero-order valence-electron chi connectivity index (χ0n) is 5.68. The van der Waals surface area contributed by atoms with E-state index in [0.717, 1.165) is 7.11 Å². The van der Waals surface area contributed by atoms with E-state index >= 15 is 0 Å². The van der Waals surface area contributed by atoms with Gasteiger partial charge in [-0.2, -0.15) is 0 Å². The molecule has 0 aromatic rings. The van der Waals surface area contributed by atoms with Gasteiger partial charge < -0.3 is 15.7 Å². The molecular formula is C5H16O3. The molecule has 3 heteroatoms. The Kier molecular flexibility index (Phi) is 30.9. The third-order valence-corrected chi connectivity index (χ3v) is 0.365. The largest absolute Gasteiger partial charge is 0.412 e. The lowest BCUT2D eigenvalue weighted by Gasteiger charge is -1.90. The first kappa shape index (κ1) is 15.7. The maximum Gasteiger partial charge on any atom is 0.0453 e. The van der Waals surface area contributed by atoms with Crippen LogP contribution >= 0.6 is 0 Å². The predicted octanol–water partition coefficient (Wildman–Crippen LogP) is -0.582. The van der Waals surface area contributed by atoms with E-state index in [4.69, 9.17) is 10.2 Å². The van der Waals surface area contributed by atoms with Gasteiger partial charge in [0.15, 0.2) is 0 Å². The van der Waals surface area contributed by atoms with Crippen LogP contribution in [0.3, 0.4) is 0 Å². The number of aliphatic hydroxyl groups excluding tert-OH is 2. The zero-order chi connectivity index (χ0) is 6.28. The van der Waals surface area contributed by atoms with Gasteiger partial charge in [-0.05, 0) is 5.92 Å². The minimum Gasteiger partial charge on any atom is -0.412 e. The van der Waals surface area contributed by atoms with Gasteiger partial charge in [-0.1, -0.05) is 13.8 Å². The van der Waals surface area contributed by atoms with E-state index in [0.29, 0.717) is 12.5 Å². The van der Waals surface area contributed by atoms with Gasteiger partial charge in [0.2, 0.25) is 0 Å². The molecule has 54 valence electrons. The van der Waals surface area contributed by atoms with Crippen molar-refractivity contribution in [3.63, 3.8) is 0 Å². The summed E-state index contributed by atoms with van der Waals surface area (Å²) in [5.74, 6) is 0.440. The molecule has 0 aliphatic carbocycles. The van der Waals surface area contributed by atoms with Crippen molar-refractivity contribution in [3.8, 4) is 0 Å². The molecule has 0 aliphatic heterocycles. The van der Waals surface area contributed by atoms with Gasteiger partial charge in [0, 0.05) is 13.7 Å². The highest BCUT2D eigenvalue weighted by Gasteiger charge is 1.81. The van der Waals surface area contributed by atoms with Crippen LogP contribution in [0.2, 0.25) is 0 Å². The summed E-state index contributed by atoms with van der Waals surface area (Å²) in [6.07, 6.45) is 0. The summed E-state index contributed by atoms with van der Waals surface area (Å²) >= 11 is 0. The van der Waals surface area contributed by atoms with E-state index in [1.54, 1.807) is 0 Å². The fraction of sp³-hybridized carbons (Fsp3) is 1.00. The maximum absolute atomic E-state index is 8.14. The molecule has 3 nitrogen and oxygen atoms in total. The van der Waals surface area contributed by atoms with Crippen molar-refractivity contribution in [2.24, 2.45) is 5.92 Å². The molecule has 0 saturated heterocycles. The van der Waals surface area contributed by atoms with Crippen LogP contribution < -0.4 is 0 Å². The average Bonchev–Trinajstić information content (AvgIpc) is 1.73. The van der Waals surface area contributed by atoms with E-state index in [1.807, 2.05) is 13.8 Å². The molecule has 8 heavy (non-hydrogen) atoms. The van der Waals surface area contributed by atoms with Gasteiger partial charge in [0.1, 0.15) is 0 Å². The first-order valence-electron chi connectivity index (χ1n) is 2.33. The Morgan fingerprint density at radius 3 is 1.38 bits per heavy atom. The number of hydrogen-bond donors (Lipinski definition) is 2. The van der Waals surface area contributed by atoms with Crippen LogP contribution in [0.5, 0.6) is 0 Å². The third kappa shape index (κ3) is 39.6. The topological polar surface area (TPSA) is 72.0 Å². The molecule has 4 N–H and O–H groups in total. The molecule has 0 saturated carbocycles. The SMILES string of the molecule is CC(C)CO.CO.O. The van der Waals surface area contributed by atoms with Gasteiger partial charge in [0.05, 0.1) is 0 Å². The van der Waals surface area contributed by atoms with Crippen molar-refractivity contribution in [3.05, 3.63) is 0 Å². The van der Waals surface area contributed by atoms with Crippen LogP contribution in [-0.2, 0) is 0 Å². The molecule has 0 heterocycles. The average molecular weight is 124 g/mol. The fourth-order valence-corrected chi connectivity index (χ4v) is 0. The maximum atomic E-state index is 8.14. The number of hydrogen-bond acceptors (Lipinski definition) is 2. The Morgan fingerprint density at radius 2 is 1.38 bits per heavy atom. The Morgan fingerprint density at radius 1 is 1.25 bits per heavy atom. The highest BCUT2D eigenvalue weighted by atomic mass is 16.3.